The van der Waals surface area contributed by atoms with Crippen LogP contribution in [0, 0.1) is 0 Å². The first-order valence-corrected chi connectivity index (χ1v) is 3.25. The lowest BCUT2D eigenvalue weighted by Crippen LogP contribution is -1.91. The molecule has 0 fully saturated rings. The highest BCUT2D eigenvalue weighted by Crippen LogP contribution is 2.11. The highest BCUT2D eigenvalue weighted by atomic mass is 16.4. The number of hydrogen-bond donors (Lipinski definition) is 3. The van der Waals surface area contributed by atoms with Gasteiger partial charge in [-0.3, -0.25) is 0 Å². The minimum Gasteiger partial charge on any atom is -0.493 e. The summed E-state index contributed by atoms with van der Waals surface area (Å²) in [7, 11) is 0. The molecule has 0 saturated heterocycles. The maximum atomic E-state index is 10.2. The van der Waals surface area contributed by atoms with E-state index in [-0.39, 0.29) is 5.88 Å². The first-order valence-electron chi connectivity index (χ1n) is 3.25. The molecule has 1 aromatic rings. The van der Waals surface area contributed by atoms with Crippen molar-refractivity contribution in [1.82, 2.24) is 9.97 Å². The third-order valence-electron chi connectivity index (χ3n) is 1.28. The quantitative estimate of drug-likeness (QED) is 0.564. The molecule has 5 heteroatoms. The van der Waals surface area contributed by atoms with Crippen molar-refractivity contribution in [3.63, 3.8) is 0 Å². The molecule has 5 nitrogen and oxygen atoms in total. The zero-order valence-electron chi connectivity index (χ0n) is 6.40. The number of rotatable bonds is 2. The zero-order valence-corrected chi connectivity index (χ0v) is 6.40. The number of carboxylic acids is 1. The normalized spacial score (nSPS) is 11.6. The lowest BCUT2D eigenvalue weighted by Gasteiger charge is -1.91. The molecular formula is C7H8N2O3. The molecule has 0 bridgehead atoms. The van der Waals surface area contributed by atoms with Crippen molar-refractivity contribution in [3.8, 4) is 5.88 Å². The average Bonchev–Trinajstić information content (AvgIpc) is 2.34. The molecule has 0 aromatic carbocycles. The van der Waals surface area contributed by atoms with Gasteiger partial charge in [-0.2, -0.15) is 0 Å². The van der Waals surface area contributed by atoms with Gasteiger partial charge < -0.3 is 15.2 Å². The summed E-state index contributed by atoms with van der Waals surface area (Å²) in [4.78, 5) is 16.4. The number of H-pyrrole nitrogens is 1. The Hall–Kier alpha value is -1.78. The Labute approximate surface area is 68.4 Å². The largest absolute Gasteiger partial charge is 0.493 e. The standard InChI is InChI=1S/C7H8N2O3/c1-4(2-6(11)12)7-8-3-5(10)9-7/h2-3,10H,1H3,(H,8,9)(H,11,12)/b4-2+. The van der Waals surface area contributed by atoms with Crippen LogP contribution in [-0.2, 0) is 4.79 Å². The Bertz CT molecular complexity index is 327. The van der Waals surface area contributed by atoms with Crippen LogP contribution in [0.2, 0.25) is 0 Å². The van der Waals surface area contributed by atoms with Crippen LogP contribution in [0.1, 0.15) is 12.7 Å². The third kappa shape index (κ3) is 1.85. The van der Waals surface area contributed by atoms with E-state index in [0.29, 0.717) is 11.4 Å². The molecule has 1 heterocycles. The Kier molecular flexibility index (Phi) is 2.14. The van der Waals surface area contributed by atoms with E-state index in [2.05, 4.69) is 9.97 Å². The predicted octanol–water partition coefficient (Wildman–Crippen LogP) is 0.603. The van der Waals surface area contributed by atoms with Gasteiger partial charge in [-0.15, -0.1) is 0 Å². The molecule has 0 unspecified atom stereocenters. The number of carboxylic acid groups (broad SMARTS) is 1. The van der Waals surface area contributed by atoms with E-state index in [9.17, 15) is 4.79 Å². The SMILES string of the molecule is C/C(=C\C(=O)O)c1ncc(O)[nH]1. The van der Waals surface area contributed by atoms with Crippen molar-refractivity contribution in [2.45, 2.75) is 6.92 Å². The third-order valence-corrected chi connectivity index (χ3v) is 1.28. The minimum absolute atomic E-state index is 0.0804. The summed E-state index contributed by atoms with van der Waals surface area (Å²) in [6.07, 6.45) is 2.23. The molecular weight excluding hydrogens is 160 g/mol. The summed E-state index contributed by atoms with van der Waals surface area (Å²) >= 11 is 0. The molecule has 0 amide bonds. The van der Waals surface area contributed by atoms with Crippen LogP contribution >= 0.6 is 0 Å². The summed E-state index contributed by atoms with van der Waals surface area (Å²) < 4.78 is 0. The fourth-order valence-corrected chi connectivity index (χ4v) is 0.766. The summed E-state index contributed by atoms with van der Waals surface area (Å²) in [5.41, 5.74) is 0.461. The van der Waals surface area contributed by atoms with Gasteiger partial charge in [-0.25, -0.2) is 9.78 Å². The lowest BCUT2D eigenvalue weighted by molar-refractivity contribution is -0.131. The second-order valence-corrected chi connectivity index (χ2v) is 2.28. The van der Waals surface area contributed by atoms with Crippen molar-refractivity contribution in [3.05, 3.63) is 18.1 Å². The van der Waals surface area contributed by atoms with Crippen LogP contribution in [0.25, 0.3) is 5.57 Å². The number of imidazole rings is 1. The van der Waals surface area contributed by atoms with Crippen LogP contribution in [0.4, 0.5) is 0 Å². The number of aliphatic carboxylic acids is 1. The van der Waals surface area contributed by atoms with E-state index in [1.54, 1.807) is 6.92 Å². The van der Waals surface area contributed by atoms with E-state index < -0.39 is 5.97 Å². The van der Waals surface area contributed by atoms with Gasteiger partial charge in [0.05, 0.1) is 6.20 Å². The maximum absolute atomic E-state index is 10.2. The molecule has 0 aliphatic rings. The number of carbonyl (C=O) groups is 1. The Morgan fingerprint density at radius 2 is 2.42 bits per heavy atom. The van der Waals surface area contributed by atoms with Crippen LogP contribution < -0.4 is 0 Å². The first-order chi connectivity index (χ1) is 5.59. The van der Waals surface area contributed by atoms with E-state index in [1.165, 1.54) is 6.20 Å². The predicted molar refractivity (Wildman–Crippen MR) is 41.5 cm³/mol. The summed E-state index contributed by atoms with van der Waals surface area (Å²) in [6.45, 7) is 1.59. The monoisotopic (exact) mass is 168 g/mol. The molecule has 0 aliphatic carbocycles. The van der Waals surface area contributed by atoms with E-state index in [1.807, 2.05) is 0 Å². The van der Waals surface area contributed by atoms with E-state index in [4.69, 9.17) is 10.2 Å². The van der Waals surface area contributed by atoms with Gasteiger partial charge in [0, 0.05) is 6.08 Å². The Balaban J connectivity index is 2.91. The topological polar surface area (TPSA) is 86.2 Å². The number of hydrogen-bond acceptors (Lipinski definition) is 3. The maximum Gasteiger partial charge on any atom is 0.328 e. The highest BCUT2D eigenvalue weighted by Gasteiger charge is 2.02. The molecule has 3 N–H and O–H groups in total. The Morgan fingerprint density at radius 1 is 1.75 bits per heavy atom. The van der Waals surface area contributed by atoms with Crippen LogP contribution in [-0.4, -0.2) is 26.2 Å². The molecule has 12 heavy (non-hydrogen) atoms. The number of aromatic amines is 1. The van der Waals surface area contributed by atoms with Crippen molar-refractivity contribution in [2.75, 3.05) is 0 Å². The molecule has 0 radical (unpaired) electrons. The van der Waals surface area contributed by atoms with Gasteiger partial charge in [0.15, 0.2) is 0 Å². The molecule has 0 aliphatic heterocycles. The molecule has 1 aromatic heterocycles. The second kappa shape index (κ2) is 3.08. The van der Waals surface area contributed by atoms with Gasteiger partial charge >= 0.3 is 5.97 Å². The van der Waals surface area contributed by atoms with E-state index in [0.717, 1.165) is 6.08 Å². The summed E-state index contributed by atoms with van der Waals surface area (Å²) in [5, 5.41) is 17.2. The van der Waals surface area contributed by atoms with Gasteiger partial charge in [-0.1, -0.05) is 0 Å². The van der Waals surface area contributed by atoms with E-state index >= 15 is 0 Å². The van der Waals surface area contributed by atoms with Crippen LogP contribution in [0.5, 0.6) is 5.88 Å². The molecule has 0 spiro atoms. The van der Waals surface area contributed by atoms with Gasteiger partial charge in [0.2, 0.25) is 5.88 Å². The van der Waals surface area contributed by atoms with Gasteiger partial charge in [0.25, 0.3) is 0 Å². The molecule has 0 atom stereocenters. The number of allylic oxidation sites excluding steroid dienone is 1. The van der Waals surface area contributed by atoms with Gasteiger partial charge in [-0.05, 0) is 12.5 Å². The van der Waals surface area contributed by atoms with Crippen LogP contribution in [0.15, 0.2) is 12.3 Å². The molecule has 1 rings (SSSR count). The summed E-state index contributed by atoms with van der Waals surface area (Å²) in [6, 6.07) is 0. The number of aromatic hydroxyl groups is 1. The Morgan fingerprint density at radius 3 is 2.83 bits per heavy atom. The first kappa shape index (κ1) is 8.32. The van der Waals surface area contributed by atoms with Crippen LogP contribution in [0.3, 0.4) is 0 Å². The number of aromatic nitrogens is 2. The molecule has 64 valence electrons. The highest BCUT2D eigenvalue weighted by molar-refractivity contribution is 5.88. The fraction of sp³-hybridized carbons (Fsp3) is 0.143. The average molecular weight is 168 g/mol. The number of nitrogens with zero attached hydrogens (tertiary/aromatic N) is 1. The van der Waals surface area contributed by atoms with Crippen molar-refractivity contribution < 1.29 is 15.0 Å². The lowest BCUT2D eigenvalue weighted by atomic mass is 10.3. The fourth-order valence-electron chi connectivity index (χ4n) is 0.766. The van der Waals surface area contributed by atoms with Crippen molar-refractivity contribution >= 4 is 11.5 Å². The van der Waals surface area contributed by atoms with Crippen molar-refractivity contribution in [1.29, 1.82) is 0 Å². The molecule has 0 saturated carbocycles. The zero-order chi connectivity index (χ0) is 9.14. The van der Waals surface area contributed by atoms with Gasteiger partial charge in [0.1, 0.15) is 5.82 Å². The number of nitrogens with one attached hydrogen (secondary N) is 1. The summed E-state index contributed by atoms with van der Waals surface area (Å²) in [5.74, 6) is -0.763. The smallest absolute Gasteiger partial charge is 0.328 e. The van der Waals surface area contributed by atoms with Crippen molar-refractivity contribution in [2.24, 2.45) is 0 Å². The minimum atomic E-state index is -1.04. The second-order valence-electron chi connectivity index (χ2n) is 2.28.